The summed E-state index contributed by atoms with van der Waals surface area (Å²) in [6.07, 6.45) is 3.08. The number of hydrogen-bond donors (Lipinski definition) is 4. The number of Topliss-reactive ketones (excluding diaryl/α,β-unsaturated/α-hetero) is 1. The van der Waals surface area contributed by atoms with Crippen LogP contribution in [0.1, 0.15) is 29.2 Å². The molecule has 0 fully saturated rings. The number of ketones is 1. The average Bonchev–Trinajstić information content (AvgIpc) is 3.40. The number of aromatic amines is 1. The van der Waals surface area contributed by atoms with Crippen molar-refractivity contribution in [1.82, 2.24) is 10.3 Å². The van der Waals surface area contributed by atoms with E-state index < -0.39 is 12.0 Å². The first-order chi connectivity index (χ1) is 19.0. The number of H-pyrrole nitrogens is 1. The Morgan fingerprint density at radius 3 is 2.64 bits per heavy atom. The Kier molecular flexibility index (Phi) is 9.72. The quantitative estimate of drug-likeness (QED) is 0.197. The number of rotatable bonds is 14. The van der Waals surface area contributed by atoms with Crippen molar-refractivity contribution in [1.29, 1.82) is 0 Å². The zero-order chi connectivity index (χ0) is 27.6. The molecule has 1 amide bonds. The number of aryl methyl sites for hydroxylation is 1. The third kappa shape index (κ3) is 7.25. The summed E-state index contributed by atoms with van der Waals surface area (Å²) in [5.41, 5.74) is 10.3. The van der Waals surface area contributed by atoms with E-state index in [9.17, 15) is 14.7 Å². The maximum Gasteiger partial charge on any atom is 0.220 e. The zero-order valence-electron chi connectivity index (χ0n) is 22.1. The van der Waals surface area contributed by atoms with Gasteiger partial charge in [-0.1, -0.05) is 48.5 Å². The van der Waals surface area contributed by atoms with Crippen molar-refractivity contribution >= 4 is 22.6 Å². The molecule has 0 aliphatic carbocycles. The molecule has 2 atom stereocenters. The van der Waals surface area contributed by atoms with Crippen LogP contribution < -0.4 is 20.5 Å². The summed E-state index contributed by atoms with van der Waals surface area (Å²) >= 11 is 0. The lowest BCUT2D eigenvalue weighted by Gasteiger charge is -2.23. The van der Waals surface area contributed by atoms with Crippen molar-refractivity contribution < 1.29 is 24.2 Å². The summed E-state index contributed by atoms with van der Waals surface area (Å²) in [4.78, 5) is 29.4. The average molecular weight is 530 g/mol. The number of amides is 1. The third-order valence-corrected chi connectivity index (χ3v) is 6.84. The van der Waals surface area contributed by atoms with Crippen LogP contribution >= 0.6 is 0 Å². The Morgan fingerprint density at radius 2 is 1.82 bits per heavy atom. The van der Waals surface area contributed by atoms with E-state index in [0.29, 0.717) is 18.6 Å². The molecule has 0 spiro atoms. The lowest BCUT2D eigenvalue weighted by Crippen LogP contribution is -2.40. The normalized spacial score (nSPS) is 12.6. The van der Waals surface area contributed by atoms with Crippen LogP contribution in [0.5, 0.6) is 11.5 Å². The number of hydrogen-bond acceptors (Lipinski definition) is 6. The van der Waals surface area contributed by atoms with Gasteiger partial charge in [0.15, 0.2) is 5.78 Å². The van der Waals surface area contributed by atoms with Crippen molar-refractivity contribution in [2.45, 2.75) is 25.3 Å². The second kappa shape index (κ2) is 13.6. The highest BCUT2D eigenvalue weighted by Gasteiger charge is 2.29. The zero-order valence-corrected chi connectivity index (χ0v) is 22.1. The standard InChI is InChI=1S/C31H35N3O5/c1-38-29-12-5-2-8-22(29)13-14-30(37)34-19-26(31(32)25-18-33-27-11-4-3-10-24(25)27)28(36)20-39-23-9-6-7-21(17-23)15-16-35/h2-12,17-18,26,31,33,35H,13-16,19-20,32H2,1H3,(H,34,37). The molecule has 204 valence electrons. The molecular formula is C31H35N3O5. The summed E-state index contributed by atoms with van der Waals surface area (Å²) in [6, 6.07) is 22.0. The predicted octanol–water partition coefficient (Wildman–Crippen LogP) is 3.72. The van der Waals surface area contributed by atoms with E-state index in [4.69, 9.17) is 15.2 Å². The van der Waals surface area contributed by atoms with E-state index in [0.717, 1.165) is 33.3 Å². The van der Waals surface area contributed by atoms with Crippen LogP contribution in [0.3, 0.4) is 0 Å². The van der Waals surface area contributed by atoms with Gasteiger partial charge in [0.1, 0.15) is 18.1 Å². The molecule has 1 aromatic heterocycles. The number of benzene rings is 3. The van der Waals surface area contributed by atoms with Crippen LogP contribution in [0.4, 0.5) is 0 Å². The van der Waals surface area contributed by atoms with E-state index in [1.807, 2.05) is 66.9 Å². The van der Waals surface area contributed by atoms with Crippen LogP contribution in [0, 0.1) is 5.92 Å². The van der Waals surface area contributed by atoms with E-state index in [1.54, 1.807) is 19.2 Å². The molecule has 5 N–H and O–H groups in total. The first kappa shape index (κ1) is 27.9. The molecule has 0 radical (unpaired) electrons. The highest BCUT2D eigenvalue weighted by atomic mass is 16.5. The number of methoxy groups -OCH3 is 1. The number of carbonyl (C=O) groups excluding carboxylic acids is 2. The minimum atomic E-state index is -0.708. The fourth-order valence-corrected chi connectivity index (χ4v) is 4.68. The van der Waals surface area contributed by atoms with Gasteiger partial charge in [0.2, 0.25) is 5.91 Å². The third-order valence-electron chi connectivity index (χ3n) is 6.84. The number of aromatic nitrogens is 1. The number of carbonyl (C=O) groups is 2. The molecule has 3 aromatic carbocycles. The molecule has 8 nitrogen and oxygen atoms in total. The van der Waals surface area contributed by atoms with E-state index in [1.165, 1.54) is 0 Å². The fraction of sp³-hybridized carbons (Fsp3) is 0.290. The number of aliphatic hydroxyl groups is 1. The molecule has 0 aliphatic heterocycles. The molecule has 39 heavy (non-hydrogen) atoms. The number of fused-ring (bicyclic) bond motifs is 1. The predicted molar refractivity (Wildman–Crippen MR) is 151 cm³/mol. The molecular weight excluding hydrogens is 494 g/mol. The van der Waals surface area contributed by atoms with Crippen LogP contribution in [-0.2, 0) is 22.4 Å². The number of para-hydroxylation sites is 2. The van der Waals surface area contributed by atoms with Crippen LogP contribution in [0.15, 0.2) is 79.0 Å². The van der Waals surface area contributed by atoms with E-state index in [-0.39, 0.29) is 37.9 Å². The molecule has 1 heterocycles. The Balaban J connectivity index is 1.45. The van der Waals surface area contributed by atoms with Gasteiger partial charge in [-0.05, 0) is 53.8 Å². The number of aliphatic hydroxyl groups excluding tert-OH is 1. The van der Waals surface area contributed by atoms with Crippen molar-refractivity contribution in [3.63, 3.8) is 0 Å². The van der Waals surface area contributed by atoms with Crippen molar-refractivity contribution in [3.05, 3.63) is 95.7 Å². The molecule has 4 aromatic rings. The Hall–Kier alpha value is -4.14. The van der Waals surface area contributed by atoms with Crippen LogP contribution in [-0.4, -0.2) is 48.6 Å². The van der Waals surface area contributed by atoms with Gasteiger partial charge in [0, 0.05) is 42.7 Å². The van der Waals surface area contributed by atoms with Gasteiger partial charge >= 0.3 is 0 Å². The fourth-order valence-electron chi connectivity index (χ4n) is 4.68. The van der Waals surface area contributed by atoms with E-state index in [2.05, 4.69) is 10.3 Å². The maximum absolute atomic E-state index is 13.5. The summed E-state index contributed by atoms with van der Waals surface area (Å²) < 4.78 is 11.2. The van der Waals surface area contributed by atoms with Crippen molar-refractivity contribution in [3.8, 4) is 11.5 Å². The minimum Gasteiger partial charge on any atom is -0.496 e. The molecule has 0 bridgehead atoms. The topological polar surface area (TPSA) is 127 Å². The van der Waals surface area contributed by atoms with Crippen molar-refractivity contribution in [2.75, 3.05) is 26.9 Å². The highest BCUT2D eigenvalue weighted by molar-refractivity contribution is 5.88. The molecule has 0 aliphatic rings. The number of ether oxygens (including phenoxy) is 2. The van der Waals surface area contributed by atoms with Crippen LogP contribution in [0.2, 0.25) is 0 Å². The summed E-state index contributed by atoms with van der Waals surface area (Å²) in [7, 11) is 1.60. The Morgan fingerprint density at radius 1 is 1.03 bits per heavy atom. The number of nitrogens with two attached hydrogens (primary N) is 1. The lowest BCUT2D eigenvalue weighted by atomic mass is 9.90. The molecule has 0 saturated carbocycles. The Bertz CT molecular complexity index is 1400. The molecule has 0 saturated heterocycles. The monoisotopic (exact) mass is 529 g/mol. The van der Waals surface area contributed by atoms with Gasteiger partial charge in [0.05, 0.1) is 13.0 Å². The van der Waals surface area contributed by atoms with Gasteiger partial charge in [-0.25, -0.2) is 0 Å². The van der Waals surface area contributed by atoms with Crippen LogP contribution in [0.25, 0.3) is 10.9 Å². The van der Waals surface area contributed by atoms with Gasteiger partial charge < -0.3 is 30.6 Å². The van der Waals surface area contributed by atoms with Gasteiger partial charge in [0.25, 0.3) is 0 Å². The first-order valence-corrected chi connectivity index (χ1v) is 13.1. The summed E-state index contributed by atoms with van der Waals surface area (Å²) in [6.45, 7) is -0.0841. The second-order valence-corrected chi connectivity index (χ2v) is 9.41. The summed E-state index contributed by atoms with van der Waals surface area (Å²) in [5.74, 6) is 0.169. The summed E-state index contributed by atoms with van der Waals surface area (Å²) in [5, 5.41) is 13.1. The minimum absolute atomic E-state index is 0.0285. The molecule has 8 heteroatoms. The van der Waals surface area contributed by atoms with Gasteiger partial charge in [-0.3, -0.25) is 9.59 Å². The molecule has 2 unspecified atom stereocenters. The SMILES string of the molecule is COc1ccccc1CCC(=O)NCC(C(=O)COc1cccc(CCO)c1)C(N)c1c[nH]c2ccccc12. The highest BCUT2D eigenvalue weighted by Crippen LogP contribution is 2.28. The Labute approximate surface area is 228 Å². The lowest BCUT2D eigenvalue weighted by molar-refractivity contribution is -0.126. The molecule has 4 rings (SSSR count). The maximum atomic E-state index is 13.5. The second-order valence-electron chi connectivity index (χ2n) is 9.41. The van der Waals surface area contributed by atoms with E-state index >= 15 is 0 Å². The van der Waals surface area contributed by atoms with Crippen molar-refractivity contribution in [2.24, 2.45) is 11.7 Å². The number of nitrogens with one attached hydrogen (secondary N) is 2. The first-order valence-electron chi connectivity index (χ1n) is 13.1. The van der Waals surface area contributed by atoms with Gasteiger partial charge in [-0.2, -0.15) is 0 Å². The smallest absolute Gasteiger partial charge is 0.220 e. The van der Waals surface area contributed by atoms with Gasteiger partial charge in [-0.15, -0.1) is 0 Å². The largest absolute Gasteiger partial charge is 0.496 e.